The summed E-state index contributed by atoms with van der Waals surface area (Å²) in [5.41, 5.74) is 0.00407. The van der Waals surface area contributed by atoms with Crippen molar-refractivity contribution >= 4 is 34.9 Å². The van der Waals surface area contributed by atoms with Crippen LogP contribution in [0.2, 0.25) is 0 Å². The van der Waals surface area contributed by atoms with Gasteiger partial charge in [-0.3, -0.25) is 0 Å². The molecule has 0 saturated heterocycles. The first-order valence-electron chi connectivity index (χ1n) is 5.57. The first-order chi connectivity index (χ1) is 9.97. The minimum absolute atomic E-state index is 0. The summed E-state index contributed by atoms with van der Waals surface area (Å²) in [4.78, 5) is 21.0. The van der Waals surface area contributed by atoms with Crippen molar-refractivity contribution in [3.05, 3.63) is 59.7 Å². The number of benzene rings is 2. The first kappa shape index (κ1) is 20.3. The largest absolute Gasteiger partial charge is 1.00 e. The molecule has 2 aromatic carbocycles. The van der Waals surface area contributed by atoms with E-state index >= 15 is 0 Å². The summed E-state index contributed by atoms with van der Waals surface area (Å²) in [6, 6.07) is 11.9. The predicted molar refractivity (Wildman–Crippen MR) is 80.0 cm³/mol. The van der Waals surface area contributed by atoms with Crippen molar-refractivity contribution < 1.29 is 46.8 Å². The fourth-order valence-electron chi connectivity index (χ4n) is 1.33. The van der Waals surface area contributed by atoms with E-state index in [1.54, 1.807) is 18.2 Å². The van der Waals surface area contributed by atoms with E-state index in [2.05, 4.69) is 3.07 Å². The SMILES string of the molecule is O=C(OI)c1ccccc1O.O=C([O-])c1ccccc1O.[Li+]. The summed E-state index contributed by atoms with van der Waals surface area (Å²) in [6.45, 7) is 0. The number of carbonyl (C=O) groups is 2. The molecular formula is C14H10ILiO6. The molecule has 0 aliphatic heterocycles. The van der Waals surface area contributed by atoms with Gasteiger partial charge in [-0.1, -0.05) is 24.3 Å². The molecule has 2 N–H and O–H groups in total. The van der Waals surface area contributed by atoms with E-state index in [1.807, 2.05) is 0 Å². The molecule has 0 radical (unpaired) electrons. The van der Waals surface area contributed by atoms with Crippen LogP contribution in [0.3, 0.4) is 0 Å². The molecule has 0 spiro atoms. The zero-order chi connectivity index (χ0) is 15.8. The molecule has 6 nitrogen and oxygen atoms in total. The van der Waals surface area contributed by atoms with Crippen LogP contribution < -0.4 is 24.0 Å². The molecule has 0 bridgehead atoms. The van der Waals surface area contributed by atoms with Gasteiger partial charge in [0.25, 0.3) is 0 Å². The standard InChI is InChI=1S/C7H5IO3.C7H6O3.Li/c8-11-7(10)5-3-1-2-4-6(5)9;8-6-4-2-1-3-5(6)7(9)10;/h1-4,9H;1-4,8H,(H,9,10);/q;;+1/p-1. The number of halogens is 1. The summed E-state index contributed by atoms with van der Waals surface area (Å²) < 4.78 is 4.39. The van der Waals surface area contributed by atoms with Crippen molar-refractivity contribution in [3.8, 4) is 11.5 Å². The van der Waals surface area contributed by atoms with Crippen LogP contribution in [0, 0.1) is 0 Å². The number of phenolic OH excluding ortho intramolecular Hbond substituents is 1. The molecule has 8 heteroatoms. The number of para-hydroxylation sites is 2. The smallest absolute Gasteiger partial charge is 0.545 e. The number of carboxylic acids is 1. The Bertz CT molecular complexity index is 647. The van der Waals surface area contributed by atoms with Crippen LogP contribution in [0.25, 0.3) is 0 Å². The average molecular weight is 408 g/mol. The van der Waals surface area contributed by atoms with Gasteiger partial charge in [0.2, 0.25) is 0 Å². The number of hydrogen-bond donors (Lipinski definition) is 2. The normalized spacial score (nSPS) is 8.77. The van der Waals surface area contributed by atoms with E-state index in [-0.39, 0.29) is 41.5 Å². The topological polar surface area (TPSA) is 107 Å². The summed E-state index contributed by atoms with van der Waals surface area (Å²) in [7, 11) is 0. The van der Waals surface area contributed by atoms with Crippen LogP contribution in [0.1, 0.15) is 20.7 Å². The van der Waals surface area contributed by atoms with Crippen molar-refractivity contribution in [2.45, 2.75) is 0 Å². The fourth-order valence-corrected chi connectivity index (χ4v) is 1.57. The van der Waals surface area contributed by atoms with E-state index in [1.165, 1.54) is 53.3 Å². The Kier molecular flexibility index (Phi) is 9.33. The Morgan fingerprint density at radius 2 is 1.32 bits per heavy atom. The van der Waals surface area contributed by atoms with Gasteiger partial charge in [0.05, 0.1) is 5.97 Å². The third-order valence-corrected chi connectivity index (χ3v) is 2.72. The Morgan fingerprint density at radius 1 is 0.909 bits per heavy atom. The van der Waals surface area contributed by atoms with Gasteiger partial charge >= 0.3 is 24.8 Å². The Balaban J connectivity index is 0.000000385. The van der Waals surface area contributed by atoms with Crippen molar-refractivity contribution in [1.29, 1.82) is 0 Å². The van der Waals surface area contributed by atoms with E-state index < -0.39 is 11.9 Å². The van der Waals surface area contributed by atoms with Crippen LogP contribution >= 0.6 is 23.0 Å². The number of rotatable bonds is 2. The maximum absolute atomic E-state index is 10.8. The third kappa shape index (κ3) is 5.97. The van der Waals surface area contributed by atoms with Crippen LogP contribution in [0.5, 0.6) is 11.5 Å². The van der Waals surface area contributed by atoms with Gasteiger partial charge in [0, 0.05) is 5.56 Å². The molecule has 0 aliphatic rings. The van der Waals surface area contributed by atoms with Gasteiger partial charge in [-0.05, 0) is 24.3 Å². The summed E-state index contributed by atoms with van der Waals surface area (Å²) in [6.07, 6.45) is 0. The number of carboxylic acid groups (broad SMARTS) is 1. The second kappa shape index (κ2) is 10.1. The maximum Gasteiger partial charge on any atom is 1.00 e. The fraction of sp³-hybridized carbons (Fsp3) is 0. The average Bonchev–Trinajstić information content (AvgIpc) is 2.48. The molecule has 110 valence electrons. The van der Waals surface area contributed by atoms with Gasteiger partial charge in [-0.15, -0.1) is 0 Å². The molecule has 0 fully saturated rings. The minimum atomic E-state index is -1.36. The minimum Gasteiger partial charge on any atom is -0.545 e. The molecule has 0 heterocycles. The molecule has 2 aromatic rings. The third-order valence-electron chi connectivity index (χ3n) is 2.32. The molecule has 0 unspecified atom stereocenters. The molecule has 0 aromatic heterocycles. The molecule has 0 saturated carbocycles. The van der Waals surface area contributed by atoms with Crippen LogP contribution in [0.15, 0.2) is 48.5 Å². The van der Waals surface area contributed by atoms with Crippen molar-refractivity contribution in [3.63, 3.8) is 0 Å². The zero-order valence-electron chi connectivity index (χ0n) is 11.5. The number of aromatic carboxylic acids is 1. The molecule has 0 amide bonds. The second-order valence-electron chi connectivity index (χ2n) is 3.69. The van der Waals surface area contributed by atoms with Crippen molar-refractivity contribution in [2.24, 2.45) is 0 Å². The molecule has 0 atom stereocenters. The van der Waals surface area contributed by atoms with Gasteiger partial charge in [-0.2, -0.15) is 0 Å². The second-order valence-corrected chi connectivity index (χ2v) is 4.13. The van der Waals surface area contributed by atoms with E-state index in [4.69, 9.17) is 10.2 Å². The maximum atomic E-state index is 10.8. The van der Waals surface area contributed by atoms with Crippen LogP contribution in [-0.4, -0.2) is 22.2 Å². The molecule has 22 heavy (non-hydrogen) atoms. The summed E-state index contributed by atoms with van der Waals surface area (Å²) >= 11 is 1.47. The van der Waals surface area contributed by atoms with Gasteiger partial charge in [-0.25, -0.2) is 4.79 Å². The summed E-state index contributed by atoms with van der Waals surface area (Å²) in [5.74, 6) is -2.22. The van der Waals surface area contributed by atoms with Crippen LogP contribution in [-0.2, 0) is 3.07 Å². The van der Waals surface area contributed by atoms with Crippen molar-refractivity contribution in [1.82, 2.24) is 0 Å². The Labute approximate surface area is 152 Å². The zero-order valence-corrected chi connectivity index (χ0v) is 13.7. The van der Waals surface area contributed by atoms with E-state index in [0.29, 0.717) is 0 Å². The predicted octanol–water partition coefficient (Wildman–Crippen LogP) is -1.34. The first-order valence-corrected chi connectivity index (χ1v) is 6.45. The molecular weight excluding hydrogens is 398 g/mol. The quantitative estimate of drug-likeness (QED) is 0.471. The summed E-state index contributed by atoms with van der Waals surface area (Å²) in [5, 5.41) is 28.1. The number of hydrogen-bond acceptors (Lipinski definition) is 6. The molecule has 2 rings (SSSR count). The monoisotopic (exact) mass is 408 g/mol. The van der Waals surface area contributed by atoms with Gasteiger partial charge in [0.1, 0.15) is 17.1 Å². The Morgan fingerprint density at radius 3 is 1.64 bits per heavy atom. The molecule has 0 aliphatic carbocycles. The van der Waals surface area contributed by atoms with Crippen LogP contribution in [0.4, 0.5) is 0 Å². The van der Waals surface area contributed by atoms with Crippen molar-refractivity contribution in [2.75, 3.05) is 0 Å². The van der Waals surface area contributed by atoms with Gasteiger partial charge < -0.3 is 23.2 Å². The number of phenols is 2. The number of aromatic hydroxyl groups is 2. The van der Waals surface area contributed by atoms with Gasteiger partial charge in [0.15, 0.2) is 23.0 Å². The van der Waals surface area contributed by atoms with E-state index in [0.717, 1.165) is 0 Å². The van der Waals surface area contributed by atoms with E-state index in [9.17, 15) is 14.7 Å². The Hall–Kier alpha value is -1.69. The number of carbonyl (C=O) groups excluding carboxylic acids is 2.